The second-order valence-corrected chi connectivity index (χ2v) is 4.13. The quantitative estimate of drug-likeness (QED) is 0.769. The summed E-state index contributed by atoms with van der Waals surface area (Å²) in [7, 11) is 1.86. The van der Waals surface area contributed by atoms with Gasteiger partial charge in [0, 0.05) is 25.3 Å². The normalized spacial score (nSPS) is 10.0. The van der Waals surface area contributed by atoms with Gasteiger partial charge < -0.3 is 10.6 Å². The molecule has 1 rings (SSSR count). The number of carbonyl (C=O) groups excluding carboxylic acids is 1. The van der Waals surface area contributed by atoms with Crippen LogP contribution in [-0.4, -0.2) is 35.8 Å². The lowest BCUT2D eigenvalue weighted by atomic mass is 10.2. The monoisotopic (exact) mass is 274 g/mol. The molecular weight excluding hydrogens is 252 g/mol. The van der Waals surface area contributed by atoms with E-state index in [1.165, 1.54) is 0 Å². The van der Waals surface area contributed by atoms with Crippen molar-refractivity contribution >= 4 is 18.3 Å². The lowest BCUT2D eigenvalue weighted by Gasteiger charge is -2.05. The average Bonchev–Trinajstić information content (AvgIpc) is 2.55. The molecule has 0 spiro atoms. The van der Waals surface area contributed by atoms with Crippen molar-refractivity contribution in [1.82, 2.24) is 20.4 Å². The van der Waals surface area contributed by atoms with Gasteiger partial charge in [0.2, 0.25) is 0 Å². The zero-order chi connectivity index (χ0) is 12.8. The molecule has 0 aromatic carbocycles. The number of amides is 1. The molecule has 1 amide bonds. The largest absolute Gasteiger partial charge is 0.351 e. The highest BCUT2D eigenvalue weighted by atomic mass is 35.5. The summed E-state index contributed by atoms with van der Waals surface area (Å²) in [5.74, 6) is -0.0300. The van der Waals surface area contributed by atoms with E-state index in [9.17, 15) is 4.79 Å². The van der Waals surface area contributed by atoms with Crippen molar-refractivity contribution in [1.29, 1.82) is 0 Å². The summed E-state index contributed by atoms with van der Waals surface area (Å²) in [6, 6.07) is 0. The van der Waals surface area contributed by atoms with E-state index in [1.807, 2.05) is 25.6 Å². The fourth-order valence-electron chi connectivity index (χ4n) is 1.84. The van der Waals surface area contributed by atoms with Crippen LogP contribution in [0.15, 0.2) is 0 Å². The molecule has 0 aliphatic carbocycles. The van der Waals surface area contributed by atoms with Gasteiger partial charge in [-0.3, -0.25) is 9.48 Å². The van der Waals surface area contributed by atoms with Crippen LogP contribution < -0.4 is 10.6 Å². The molecule has 18 heavy (non-hydrogen) atoms. The second-order valence-electron chi connectivity index (χ2n) is 4.13. The SMILES string of the molecule is CCCn1nc(C)c(C(=O)NCCNC)c1C.Cl. The van der Waals surface area contributed by atoms with Crippen molar-refractivity contribution < 1.29 is 4.79 Å². The third kappa shape index (κ3) is 3.99. The molecule has 0 bridgehead atoms. The molecule has 6 heteroatoms. The van der Waals surface area contributed by atoms with Crippen molar-refractivity contribution in [3.05, 3.63) is 17.0 Å². The van der Waals surface area contributed by atoms with Crippen LogP contribution in [0.1, 0.15) is 35.1 Å². The van der Waals surface area contributed by atoms with Gasteiger partial charge in [-0.05, 0) is 27.3 Å². The highest BCUT2D eigenvalue weighted by molar-refractivity contribution is 5.96. The summed E-state index contributed by atoms with van der Waals surface area (Å²) >= 11 is 0. The number of aryl methyl sites for hydroxylation is 2. The number of hydrogen-bond donors (Lipinski definition) is 2. The Balaban J connectivity index is 0.00000289. The summed E-state index contributed by atoms with van der Waals surface area (Å²) in [5.41, 5.74) is 2.47. The highest BCUT2D eigenvalue weighted by Gasteiger charge is 2.17. The predicted octanol–water partition coefficient (Wildman–Crippen LogP) is 1.28. The molecule has 0 saturated heterocycles. The summed E-state index contributed by atoms with van der Waals surface area (Å²) in [6.45, 7) is 8.19. The molecule has 1 aromatic rings. The standard InChI is InChI=1S/C12H22N4O.ClH/c1-5-8-16-10(3)11(9(2)15-16)12(17)14-7-6-13-4;/h13H,5-8H2,1-4H3,(H,14,17);1H. The summed E-state index contributed by atoms with van der Waals surface area (Å²) in [4.78, 5) is 12.0. The predicted molar refractivity (Wildman–Crippen MR) is 75.5 cm³/mol. The smallest absolute Gasteiger partial charge is 0.255 e. The van der Waals surface area contributed by atoms with E-state index in [1.54, 1.807) is 0 Å². The Hall–Kier alpha value is -1.07. The summed E-state index contributed by atoms with van der Waals surface area (Å²) in [5, 5.41) is 10.3. The van der Waals surface area contributed by atoms with E-state index in [4.69, 9.17) is 0 Å². The molecular formula is C12H23ClN4O. The maximum atomic E-state index is 12.0. The Morgan fingerprint density at radius 1 is 1.33 bits per heavy atom. The van der Waals surface area contributed by atoms with Gasteiger partial charge in [-0.15, -0.1) is 12.4 Å². The topological polar surface area (TPSA) is 59.0 Å². The van der Waals surface area contributed by atoms with E-state index in [2.05, 4.69) is 22.7 Å². The van der Waals surface area contributed by atoms with E-state index < -0.39 is 0 Å². The average molecular weight is 275 g/mol. The Morgan fingerprint density at radius 2 is 2.00 bits per heavy atom. The zero-order valence-corrected chi connectivity index (χ0v) is 12.4. The lowest BCUT2D eigenvalue weighted by molar-refractivity contribution is 0.0953. The first-order valence-electron chi connectivity index (χ1n) is 6.08. The Bertz CT molecular complexity index is 390. The van der Waals surface area contributed by atoms with Gasteiger partial charge in [-0.25, -0.2) is 0 Å². The molecule has 0 aliphatic heterocycles. The van der Waals surface area contributed by atoms with Crippen LogP contribution >= 0.6 is 12.4 Å². The van der Waals surface area contributed by atoms with Crippen molar-refractivity contribution in [3.8, 4) is 0 Å². The Kier molecular flexibility index (Phi) is 7.62. The minimum atomic E-state index is -0.0300. The second kappa shape index (κ2) is 8.11. The molecule has 0 fully saturated rings. The molecule has 5 nitrogen and oxygen atoms in total. The molecule has 0 unspecified atom stereocenters. The molecule has 0 aliphatic rings. The first kappa shape index (κ1) is 16.9. The molecule has 0 atom stereocenters. The van der Waals surface area contributed by atoms with Gasteiger partial charge in [0.1, 0.15) is 0 Å². The summed E-state index contributed by atoms with van der Waals surface area (Å²) < 4.78 is 1.91. The van der Waals surface area contributed by atoms with Crippen LogP contribution in [0.3, 0.4) is 0 Å². The van der Waals surface area contributed by atoms with E-state index in [0.717, 1.165) is 36.5 Å². The van der Waals surface area contributed by atoms with Gasteiger partial charge in [0.05, 0.1) is 11.3 Å². The van der Waals surface area contributed by atoms with Crippen LogP contribution in [0.5, 0.6) is 0 Å². The lowest BCUT2D eigenvalue weighted by Crippen LogP contribution is -2.31. The number of rotatable bonds is 6. The maximum absolute atomic E-state index is 12.0. The third-order valence-electron chi connectivity index (χ3n) is 2.70. The van der Waals surface area contributed by atoms with Gasteiger partial charge in [-0.1, -0.05) is 6.92 Å². The van der Waals surface area contributed by atoms with Crippen LogP contribution in [0.4, 0.5) is 0 Å². The van der Waals surface area contributed by atoms with Gasteiger partial charge in [-0.2, -0.15) is 5.10 Å². The molecule has 1 aromatic heterocycles. The fourth-order valence-corrected chi connectivity index (χ4v) is 1.84. The van der Waals surface area contributed by atoms with Crippen LogP contribution in [0, 0.1) is 13.8 Å². The van der Waals surface area contributed by atoms with E-state index in [0.29, 0.717) is 6.54 Å². The van der Waals surface area contributed by atoms with E-state index >= 15 is 0 Å². The first-order chi connectivity index (χ1) is 8.11. The third-order valence-corrected chi connectivity index (χ3v) is 2.70. The number of likely N-dealkylation sites (N-methyl/N-ethyl adjacent to an activating group) is 1. The van der Waals surface area contributed by atoms with Crippen LogP contribution in [0.2, 0.25) is 0 Å². The minimum Gasteiger partial charge on any atom is -0.351 e. The van der Waals surface area contributed by atoms with Crippen molar-refractivity contribution in [3.63, 3.8) is 0 Å². The van der Waals surface area contributed by atoms with Gasteiger partial charge >= 0.3 is 0 Å². The van der Waals surface area contributed by atoms with E-state index in [-0.39, 0.29) is 18.3 Å². The number of aromatic nitrogens is 2. The van der Waals surface area contributed by atoms with Crippen molar-refractivity contribution in [2.24, 2.45) is 0 Å². The van der Waals surface area contributed by atoms with Gasteiger partial charge in [0.15, 0.2) is 0 Å². The highest BCUT2D eigenvalue weighted by Crippen LogP contribution is 2.13. The number of hydrogen-bond acceptors (Lipinski definition) is 3. The Morgan fingerprint density at radius 3 is 2.56 bits per heavy atom. The fraction of sp³-hybridized carbons (Fsp3) is 0.667. The molecule has 1 heterocycles. The first-order valence-corrected chi connectivity index (χ1v) is 6.08. The number of halogens is 1. The summed E-state index contributed by atoms with van der Waals surface area (Å²) in [6.07, 6.45) is 1.02. The molecule has 2 N–H and O–H groups in total. The zero-order valence-electron chi connectivity index (χ0n) is 11.5. The minimum absolute atomic E-state index is 0. The molecule has 0 saturated carbocycles. The van der Waals surface area contributed by atoms with Crippen LogP contribution in [-0.2, 0) is 6.54 Å². The number of carbonyl (C=O) groups is 1. The molecule has 104 valence electrons. The molecule has 0 radical (unpaired) electrons. The Labute approximate surface area is 115 Å². The van der Waals surface area contributed by atoms with Crippen molar-refractivity contribution in [2.45, 2.75) is 33.7 Å². The van der Waals surface area contributed by atoms with Gasteiger partial charge in [0.25, 0.3) is 5.91 Å². The van der Waals surface area contributed by atoms with Crippen LogP contribution in [0.25, 0.3) is 0 Å². The van der Waals surface area contributed by atoms with Crippen molar-refractivity contribution in [2.75, 3.05) is 20.1 Å². The number of nitrogens with zero attached hydrogens (tertiary/aromatic N) is 2. The maximum Gasteiger partial charge on any atom is 0.255 e. The number of nitrogens with one attached hydrogen (secondary N) is 2.